The number of benzene rings is 3. The minimum Gasteiger partial charge on any atom is -0.489 e. The molecule has 0 bridgehead atoms. The molecule has 1 aromatic heterocycles. The molecule has 3 aromatic carbocycles. The highest BCUT2D eigenvalue weighted by Crippen LogP contribution is 2.35. The van der Waals surface area contributed by atoms with Crippen molar-refractivity contribution in [1.82, 2.24) is 9.88 Å². The first-order valence-electron chi connectivity index (χ1n) is 9.95. The van der Waals surface area contributed by atoms with Crippen molar-refractivity contribution in [3.63, 3.8) is 0 Å². The molecule has 1 atom stereocenters. The van der Waals surface area contributed by atoms with Crippen LogP contribution in [0.5, 0.6) is 5.75 Å². The number of para-hydroxylation sites is 1. The van der Waals surface area contributed by atoms with Gasteiger partial charge in [-0.3, -0.25) is 9.36 Å². The van der Waals surface area contributed by atoms with Crippen LogP contribution in [0.2, 0.25) is 5.02 Å². The van der Waals surface area contributed by atoms with Gasteiger partial charge in [0.15, 0.2) is 3.95 Å². The van der Waals surface area contributed by atoms with E-state index >= 15 is 0 Å². The van der Waals surface area contributed by atoms with Crippen LogP contribution in [0.4, 0.5) is 5.82 Å². The number of nitrogens with zero attached hydrogens (tertiary/aromatic N) is 1. The number of carbonyl (C=O) groups excluding carboxylic acids is 1. The molecular formula is C24H18ClN3O2S2. The summed E-state index contributed by atoms with van der Waals surface area (Å²) in [6.07, 6.45) is -0.419. The lowest BCUT2D eigenvalue weighted by molar-refractivity contribution is 0.0939. The summed E-state index contributed by atoms with van der Waals surface area (Å²) in [4.78, 5) is 13.4. The number of carbonyl (C=O) groups is 1. The molecular weight excluding hydrogens is 462 g/mol. The molecule has 0 fully saturated rings. The predicted octanol–water partition coefficient (Wildman–Crippen LogP) is 6.35. The lowest BCUT2D eigenvalue weighted by atomic mass is 10.1. The monoisotopic (exact) mass is 479 g/mol. The Morgan fingerprint density at radius 3 is 2.59 bits per heavy atom. The summed E-state index contributed by atoms with van der Waals surface area (Å²) < 4.78 is 8.47. The maximum absolute atomic E-state index is 12.9. The van der Waals surface area contributed by atoms with Gasteiger partial charge in [0.1, 0.15) is 29.2 Å². The van der Waals surface area contributed by atoms with Crippen LogP contribution in [0.1, 0.15) is 27.0 Å². The van der Waals surface area contributed by atoms with E-state index in [1.807, 2.05) is 83.4 Å². The van der Waals surface area contributed by atoms with Crippen LogP contribution >= 0.6 is 35.2 Å². The normalized spacial score (nSPS) is 14.9. The summed E-state index contributed by atoms with van der Waals surface area (Å²) in [5.41, 5.74) is 2.69. The van der Waals surface area contributed by atoms with E-state index in [9.17, 15) is 4.79 Å². The third kappa shape index (κ3) is 4.02. The Kier molecular flexibility index (Phi) is 5.70. The van der Waals surface area contributed by atoms with Crippen LogP contribution < -0.4 is 15.4 Å². The highest BCUT2D eigenvalue weighted by atomic mass is 35.5. The third-order valence-electron chi connectivity index (χ3n) is 5.13. The van der Waals surface area contributed by atoms with Crippen LogP contribution in [0.3, 0.4) is 0 Å². The molecule has 5 nitrogen and oxygen atoms in total. The Morgan fingerprint density at radius 2 is 1.78 bits per heavy atom. The first kappa shape index (κ1) is 20.8. The molecule has 2 N–H and O–H groups in total. The fraction of sp³-hybridized carbons (Fsp3) is 0.0833. The molecule has 0 spiro atoms. The van der Waals surface area contributed by atoms with Crippen LogP contribution in [-0.4, -0.2) is 10.5 Å². The Morgan fingerprint density at radius 1 is 1.00 bits per heavy atom. The van der Waals surface area contributed by atoms with E-state index in [2.05, 4.69) is 10.6 Å². The third-order valence-corrected chi connectivity index (χ3v) is 6.87. The van der Waals surface area contributed by atoms with Gasteiger partial charge in [0.25, 0.3) is 5.91 Å². The van der Waals surface area contributed by atoms with Crippen LogP contribution in [0.15, 0.2) is 78.9 Å². The summed E-state index contributed by atoms with van der Waals surface area (Å²) in [6.45, 7) is 0.357. The van der Waals surface area contributed by atoms with E-state index in [0.717, 1.165) is 16.8 Å². The van der Waals surface area contributed by atoms with Crippen molar-refractivity contribution in [2.75, 3.05) is 5.32 Å². The molecule has 0 saturated carbocycles. The molecule has 160 valence electrons. The minimum atomic E-state index is -0.419. The lowest BCUT2D eigenvalue weighted by Gasteiger charge is -2.27. The predicted molar refractivity (Wildman–Crippen MR) is 131 cm³/mol. The van der Waals surface area contributed by atoms with Gasteiger partial charge in [-0.1, -0.05) is 71.5 Å². The number of hydrogen-bond donors (Lipinski definition) is 2. The molecule has 0 saturated heterocycles. The minimum absolute atomic E-state index is 0.156. The van der Waals surface area contributed by atoms with Gasteiger partial charge in [0.05, 0.1) is 0 Å². The van der Waals surface area contributed by atoms with E-state index in [1.54, 1.807) is 0 Å². The van der Waals surface area contributed by atoms with E-state index in [1.165, 1.54) is 11.3 Å². The number of rotatable bonds is 5. The van der Waals surface area contributed by atoms with Crippen molar-refractivity contribution in [3.05, 3.63) is 104 Å². The van der Waals surface area contributed by atoms with E-state index in [4.69, 9.17) is 28.6 Å². The summed E-state index contributed by atoms with van der Waals surface area (Å²) in [7, 11) is 0. The second-order valence-corrected chi connectivity index (χ2v) is 9.27. The highest BCUT2D eigenvalue weighted by Gasteiger charge is 2.30. The standard InChI is InChI=1S/C24H18ClN3O2S2/c25-19-12-5-4-7-16(19)14-30-18-11-6-8-15(13-18)21-26-22-20(23(29)27-21)32-24(31)28(22)17-9-2-1-3-10-17/h1-13,21,26H,14H2,(H,27,29)/t21-/m0/s1. The van der Waals surface area contributed by atoms with Crippen molar-refractivity contribution < 1.29 is 9.53 Å². The number of halogens is 1. The van der Waals surface area contributed by atoms with Gasteiger partial charge in [-0.25, -0.2) is 0 Å². The second kappa shape index (κ2) is 8.78. The molecule has 4 aromatic rings. The number of nitrogens with one attached hydrogen (secondary N) is 2. The quantitative estimate of drug-likeness (QED) is 0.327. The molecule has 0 unspecified atom stereocenters. The zero-order valence-electron chi connectivity index (χ0n) is 16.7. The molecule has 32 heavy (non-hydrogen) atoms. The molecule has 0 radical (unpaired) electrons. The zero-order valence-corrected chi connectivity index (χ0v) is 19.1. The summed E-state index contributed by atoms with van der Waals surface area (Å²) >= 11 is 13.1. The van der Waals surface area contributed by atoms with Gasteiger partial charge in [0, 0.05) is 16.3 Å². The van der Waals surface area contributed by atoms with Crippen molar-refractivity contribution in [1.29, 1.82) is 0 Å². The number of amides is 1. The summed E-state index contributed by atoms with van der Waals surface area (Å²) in [5, 5.41) is 7.12. The fourth-order valence-corrected chi connectivity index (χ4v) is 5.06. The molecule has 0 aliphatic carbocycles. The first-order chi connectivity index (χ1) is 15.6. The average molecular weight is 480 g/mol. The van der Waals surface area contributed by atoms with Gasteiger partial charge < -0.3 is 15.4 Å². The summed E-state index contributed by atoms with van der Waals surface area (Å²) in [5.74, 6) is 1.23. The number of hydrogen-bond acceptors (Lipinski definition) is 5. The Hall–Kier alpha value is -3.13. The zero-order chi connectivity index (χ0) is 22.1. The average Bonchev–Trinajstić information content (AvgIpc) is 3.16. The van der Waals surface area contributed by atoms with E-state index < -0.39 is 6.17 Å². The summed E-state index contributed by atoms with van der Waals surface area (Å²) in [6, 6.07) is 25.0. The molecule has 1 aliphatic heterocycles. The Labute approximate surface area is 199 Å². The number of aromatic nitrogens is 1. The van der Waals surface area contributed by atoms with E-state index in [0.29, 0.717) is 32.0 Å². The van der Waals surface area contributed by atoms with Crippen molar-refractivity contribution in [3.8, 4) is 11.4 Å². The van der Waals surface area contributed by atoms with Crippen molar-refractivity contribution >= 4 is 46.9 Å². The SMILES string of the molecule is O=C1N[C@@H](c2cccc(OCc3ccccc3Cl)c2)Nc2c1sc(=S)n2-c1ccccc1. The fourth-order valence-electron chi connectivity index (χ4n) is 3.57. The van der Waals surface area contributed by atoms with Crippen LogP contribution in [0, 0.1) is 3.95 Å². The first-order valence-corrected chi connectivity index (χ1v) is 11.6. The van der Waals surface area contributed by atoms with Gasteiger partial charge in [-0.2, -0.15) is 0 Å². The molecule has 2 heterocycles. The number of ether oxygens (including phenoxy) is 1. The van der Waals surface area contributed by atoms with Gasteiger partial charge in [-0.15, -0.1) is 0 Å². The maximum Gasteiger partial charge on any atom is 0.267 e. The molecule has 1 amide bonds. The number of anilines is 1. The largest absolute Gasteiger partial charge is 0.489 e. The Balaban J connectivity index is 1.42. The molecule has 5 rings (SSSR count). The second-order valence-electron chi connectivity index (χ2n) is 7.22. The molecule has 1 aliphatic rings. The van der Waals surface area contributed by atoms with Crippen LogP contribution in [0.25, 0.3) is 5.69 Å². The maximum atomic E-state index is 12.9. The van der Waals surface area contributed by atoms with Gasteiger partial charge >= 0.3 is 0 Å². The van der Waals surface area contributed by atoms with Gasteiger partial charge in [-0.05, 0) is 48.1 Å². The van der Waals surface area contributed by atoms with Crippen molar-refractivity contribution in [2.24, 2.45) is 0 Å². The smallest absolute Gasteiger partial charge is 0.267 e. The highest BCUT2D eigenvalue weighted by molar-refractivity contribution is 7.73. The number of thiazole rings is 1. The van der Waals surface area contributed by atoms with Crippen LogP contribution in [-0.2, 0) is 6.61 Å². The van der Waals surface area contributed by atoms with Crippen molar-refractivity contribution in [2.45, 2.75) is 12.8 Å². The molecule has 8 heteroatoms. The Bertz CT molecular complexity index is 1350. The number of fused-ring (bicyclic) bond motifs is 1. The van der Waals surface area contributed by atoms with E-state index in [-0.39, 0.29) is 5.91 Å². The lowest BCUT2D eigenvalue weighted by Crippen LogP contribution is -2.38. The van der Waals surface area contributed by atoms with Gasteiger partial charge in [0.2, 0.25) is 0 Å². The topological polar surface area (TPSA) is 55.3 Å².